The highest BCUT2D eigenvalue weighted by atomic mass is 32.1. The van der Waals surface area contributed by atoms with E-state index < -0.39 is 0 Å². The van der Waals surface area contributed by atoms with Crippen molar-refractivity contribution in [1.82, 2.24) is 4.90 Å². The number of carbonyl (C=O) groups excluding carboxylic acids is 1. The molecule has 2 nitrogen and oxygen atoms in total. The van der Waals surface area contributed by atoms with Crippen LogP contribution in [0.25, 0.3) is 0 Å². The van der Waals surface area contributed by atoms with Crippen LogP contribution in [0.5, 0.6) is 0 Å². The quantitative estimate of drug-likeness (QED) is 0.807. The molecule has 0 spiro atoms. The van der Waals surface area contributed by atoms with Gasteiger partial charge in [0.1, 0.15) is 0 Å². The predicted octanol–water partition coefficient (Wildman–Crippen LogP) is 3.79. The number of rotatable bonds is 2. The molecule has 0 radical (unpaired) electrons. The maximum Gasteiger partial charge on any atom is 0.255 e. The summed E-state index contributed by atoms with van der Waals surface area (Å²) in [6.45, 7) is 0.884. The zero-order chi connectivity index (χ0) is 11.7. The van der Waals surface area contributed by atoms with Crippen molar-refractivity contribution in [2.24, 2.45) is 0 Å². The van der Waals surface area contributed by atoms with Crippen molar-refractivity contribution in [2.45, 2.75) is 18.9 Å². The number of likely N-dealkylation sites (tertiary alicyclic amines) is 1. The van der Waals surface area contributed by atoms with E-state index in [1.54, 1.807) is 22.7 Å². The lowest BCUT2D eigenvalue weighted by molar-refractivity contribution is 0.0736. The van der Waals surface area contributed by atoms with E-state index in [1.165, 1.54) is 5.56 Å². The molecular weight excluding hydrogens is 250 g/mol. The fraction of sp³-hybridized carbons (Fsp3) is 0.308. The van der Waals surface area contributed by atoms with E-state index in [0.29, 0.717) is 0 Å². The Hall–Kier alpha value is -1.13. The molecule has 0 aromatic carbocycles. The highest BCUT2D eigenvalue weighted by molar-refractivity contribution is 7.08. The van der Waals surface area contributed by atoms with Crippen LogP contribution in [0, 0.1) is 0 Å². The second-order valence-electron chi connectivity index (χ2n) is 4.23. The Bertz CT molecular complexity index is 489. The molecule has 1 atom stereocenters. The first-order valence-corrected chi connectivity index (χ1v) is 7.60. The molecule has 0 saturated carbocycles. The average molecular weight is 263 g/mol. The van der Waals surface area contributed by atoms with E-state index in [-0.39, 0.29) is 11.9 Å². The van der Waals surface area contributed by atoms with Crippen molar-refractivity contribution < 1.29 is 4.79 Å². The Morgan fingerprint density at radius 3 is 2.76 bits per heavy atom. The molecule has 3 heterocycles. The predicted molar refractivity (Wildman–Crippen MR) is 71.6 cm³/mol. The van der Waals surface area contributed by atoms with Crippen LogP contribution in [0.3, 0.4) is 0 Å². The van der Waals surface area contributed by atoms with Gasteiger partial charge in [0, 0.05) is 11.9 Å². The van der Waals surface area contributed by atoms with Crippen molar-refractivity contribution in [3.05, 3.63) is 44.8 Å². The summed E-state index contributed by atoms with van der Waals surface area (Å²) in [5.74, 6) is 0.181. The van der Waals surface area contributed by atoms with Gasteiger partial charge in [0.2, 0.25) is 0 Å². The minimum Gasteiger partial charge on any atom is -0.332 e. The fourth-order valence-corrected chi connectivity index (χ4v) is 3.71. The minimum atomic E-state index is 0.181. The van der Waals surface area contributed by atoms with Gasteiger partial charge in [0.05, 0.1) is 11.6 Å². The number of carbonyl (C=O) groups is 1. The van der Waals surface area contributed by atoms with E-state index in [4.69, 9.17) is 0 Å². The van der Waals surface area contributed by atoms with E-state index in [0.717, 1.165) is 24.9 Å². The summed E-state index contributed by atoms with van der Waals surface area (Å²) < 4.78 is 0. The van der Waals surface area contributed by atoms with Gasteiger partial charge in [-0.3, -0.25) is 4.79 Å². The molecular formula is C13H13NOS2. The summed E-state index contributed by atoms with van der Waals surface area (Å²) in [5.41, 5.74) is 2.12. The van der Waals surface area contributed by atoms with Gasteiger partial charge >= 0.3 is 0 Å². The van der Waals surface area contributed by atoms with Crippen molar-refractivity contribution in [2.75, 3.05) is 6.54 Å². The van der Waals surface area contributed by atoms with Crippen LogP contribution >= 0.6 is 22.7 Å². The van der Waals surface area contributed by atoms with Crippen LogP contribution < -0.4 is 0 Å². The summed E-state index contributed by atoms with van der Waals surface area (Å²) in [6, 6.07) is 4.33. The molecule has 88 valence electrons. The summed E-state index contributed by atoms with van der Waals surface area (Å²) in [7, 11) is 0. The molecule has 1 aliphatic heterocycles. The topological polar surface area (TPSA) is 20.3 Å². The Labute approximate surface area is 109 Å². The first kappa shape index (κ1) is 11.0. The standard InChI is InChI=1S/C13H13NOS2/c15-13(11-4-7-17-9-11)14-5-1-2-12(14)10-3-6-16-8-10/h3-4,6-9,12H,1-2,5H2/t12-/m0/s1. The van der Waals surface area contributed by atoms with Gasteiger partial charge in [-0.15, -0.1) is 0 Å². The highest BCUT2D eigenvalue weighted by Gasteiger charge is 2.30. The van der Waals surface area contributed by atoms with Crippen LogP contribution in [0.4, 0.5) is 0 Å². The molecule has 2 aromatic heterocycles. The molecule has 0 unspecified atom stereocenters. The molecule has 3 rings (SSSR count). The maximum absolute atomic E-state index is 12.3. The summed E-state index contributed by atoms with van der Waals surface area (Å²) in [6.07, 6.45) is 2.20. The zero-order valence-corrected chi connectivity index (χ0v) is 11.0. The lowest BCUT2D eigenvalue weighted by Gasteiger charge is -2.23. The third-order valence-corrected chi connectivity index (χ3v) is 4.59. The van der Waals surface area contributed by atoms with Crippen LogP contribution in [0.15, 0.2) is 33.7 Å². The molecule has 2 aromatic rings. The van der Waals surface area contributed by atoms with Crippen LogP contribution in [0.2, 0.25) is 0 Å². The number of hydrogen-bond donors (Lipinski definition) is 0. The number of thiophene rings is 2. The SMILES string of the molecule is O=C(c1ccsc1)N1CCC[C@H]1c1ccsc1. The largest absolute Gasteiger partial charge is 0.332 e. The summed E-state index contributed by atoms with van der Waals surface area (Å²) >= 11 is 3.28. The van der Waals surface area contributed by atoms with Crippen LogP contribution in [-0.2, 0) is 0 Å². The first-order valence-electron chi connectivity index (χ1n) is 5.71. The van der Waals surface area contributed by atoms with Gasteiger partial charge in [0.25, 0.3) is 5.91 Å². The lowest BCUT2D eigenvalue weighted by Crippen LogP contribution is -2.29. The monoisotopic (exact) mass is 263 g/mol. The number of amides is 1. The van der Waals surface area contributed by atoms with Crippen molar-refractivity contribution >= 4 is 28.6 Å². The lowest BCUT2D eigenvalue weighted by atomic mass is 10.1. The van der Waals surface area contributed by atoms with E-state index in [9.17, 15) is 4.79 Å². The number of nitrogens with zero attached hydrogens (tertiary/aromatic N) is 1. The summed E-state index contributed by atoms with van der Waals surface area (Å²) in [4.78, 5) is 14.4. The summed E-state index contributed by atoms with van der Waals surface area (Å²) in [5, 5.41) is 8.14. The maximum atomic E-state index is 12.3. The number of hydrogen-bond acceptors (Lipinski definition) is 3. The van der Waals surface area contributed by atoms with Crippen molar-refractivity contribution in [3.8, 4) is 0 Å². The molecule has 1 aliphatic rings. The Morgan fingerprint density at radius 1 is 1.24 bits per heavy atom. The van der Waals surface area contributed by atoms with Gasteiger partial charge in [0.15, 0.2) is 0 Å². The smallest absolute Gasteiger partial charge is 0.255 e. The fourth-order valence-electron chi connectivity index (χ4n) is 2.37. The Kier molecular flexibility index (Phi) is 2.99. The normalized spacial score (nSPS) is 19.8. The molecule has 1 fully saturated rings. The average Bonchev–Trinajstić information content (AvgIpc) is 3.09. The molecule has 0 N–H and O–H groups in total. The molecule has 1 amide bonds. The van der Waals surface area contributed by atoms with Crippen LogP contribution in [-0.4, -0.2) is 17.4 Å². The van der Waals surface area contributed by atoms with Crippen molar-refractivity contribution in [3.63, 3.8) is 0 Å². The van der Waals surface area contributed by atoms with Crippen molar-refractivity contribution in [1.29, 1.82) is 0 Å². The van der Waals surface area contributed by atoms with E-state index >= 15 is 0 Å². The first-order chi connectivity index (χ1) is 8.36. The zero-order valence-electron chi connectivity index (χ0n) is 9.33. The van der Waals surface area contributed by atoms with Gasteiger partial charge in [-0.05, 0) is 46.7 Å². The van der Waals surface area contributed by atoms with Gasteiger partial charge in [-0.1, -0.05) is 0 Å². The van der Waals surface area contributed by atoms with Gasteiger partial charge in [-0.25, -0.2) is 0 Å². The molecule has 0 bridgehead atoms. The third-order valence-electron chi connectivity index (χ3n) is 3.21. The Balaban J connectivity index is 1.85. The Morgan fingerprint density at radius 2 is 2.06 bits per heavy atom. The van der Waals surface area contributed by atoms with E-state index in [1.807, 2.05) is 21.7 Å². The van der Waals surface area contributed by atoms with Crippen LogP contribution in [0.1, 0.15) is 34.8 Å². The minimum absolute atomic E-state index is 0.181. The highest BCUT2D eigenvalue weighted by Crippen LogP contribution is 2.34. The second-order valence-corrected chi connectivity index (χ2v) is 5.79. The molecule has 1 saturated heterocycles. The second kappa shape index (κ2) is 4.63. The molecule has 17 heavy (non-hydrogen) atoms. The van der Waals surface area contributed by atoms with Gasteiger partial charge < -0.3 is 4.90 Å². The molecule has 4 heteroatoms. The molecule has 0 aliphatic carbocycles. The van der Waals surface area contributed by atoms with Gasteiger partial charge in [-0.2, -0.15) is 22.7 Å². The van der Waals surface area contributed by atoms with E-state index in [2.05, 4.69) is 16.8 Å². The third kappa shape index (κ3) is 2.03.